The number of carbonyl (C=O) groups is 1. The van der Waals surface area contributed by atoms with Crippen molar-refractivity contribution < 1.29 is 14.3 Å². The molecule has 0 bridgehead atoms. The summed E-state index contributed by atoms with van der Waals surface area (Å²) in [7, 11) is 0. The van der Waals surface area contributed by atoms with Crippen LogP contribution in [0.5, 0.6) is 11.5 Å². The molecule has 5 rings (SSSR count). The van der Waals surface area contributed by atoms with Gasteiger partial charge in [0.25, 0.3) is 0 Å². The molecule has 31 heavy (non-hydrogen) atoms. The average molecular weight is 418 g/mol. The fourth-order valence-electron chi connectivity index (χ4n) is 4.53. The fraction of sp³-hybridized carbons (Fsp3) is 0.360. The molecule has 160 valence electrons. The summed E-state index contributed by atoms with van der Waals surface area (Å²) in [5.41, 5.74) is 3.03. The van der Waals surface area contributed by atoms with Gasteiger partial charge < -0.3 is 14.4 Å². The third-order valence-electron chi connectivity index (χ3n) is 6.15. The van der Waals surface area contributed by atoms with Crippen molar-refractivity contribution in [3.8, 4) is 17.2 Å². The molecule has 0 N–H and O–H groups in total. The molecule has 1 aliphatic heterocycles. The van der Waals surface area contributed by atoms with Crippen molar-refractivity contribution in [1.29, 1.82) is 0 Å². The molecule has 0 unspecified atom stereocenters. The molecule has 6 heteroatoms. The van der Waals surface area contributed by atoms with Crippen LogP contribution in [-0.2, 0) is 17.9 Å². The Morgan fingerprint density at radius 1 is 0.968 bits per heavy atom. The van der Waals surface area contributed by atoms with E-state index in [9.17, 15) is 4.79 Å². The fourth-order valence-corrected chi connectivity index (χ4v) is 4.53. The summed E-state index contributed by atoms with van der Waals surface area (Å²) in [4.78, 5) is 15.5. The highest BCUT2D eigenvalue weighted by atomic mass is 16.7. The van der Waals surface area contributed by atoms with Crippen LogP contribution in [0.4, 0.5) is 0 Å². The van der Waals surface area contributed by atoms with Crippen LogP contribution < -0.4 is 9.47 Å². The standard InChI is InChI=1S/C25H27N3O3/c29-25(20-7-3-1-4-8-20)27(16-19-11-12-23-24(15-19)31-18-30-23)17-22-13-14-26-28(22)21-9-5-2-6-10-21/h2,5-6,9-15,20H,1,3-4,7-8,16-18H2. The van der Waals surface area contributed by atoms with Crippen molar-refractivity contribution in [2.75, 3.05) is 6.79 Å². The molecule has 2 heterocycles. The SMILES string of the molecule is O=C(C1CCCCC1)N(Cc1ccc2c(c1)OCO2)Cc1ccnn1-c1ccccc1. The summed E-state index contributed by atoms with van der Waals surface area (Å²) >= 11 is 0. The number of fused-ring (bicyclic) bond motifs is 1. The Balaban J connectivity index is 1.42. The van der Waals surface area contributed by atoms with Gasteiger partial charge in [-0.3, -0.25) is 4.79 Å². The minimum absolute atomic E-state index is 0.107. The number of amides is 1. The molecule has 6 nitrogen and oxygen atoms in total. The summed E-state index contributed by atoms with van der Waals surface area (Å²) in [5, 5.41) is 4.51. The highest BCUT2D eigenvalue weighted by Crippen LogP contribution is 2.33. The maximum Gasteiger partial charge on any atom is 0.231 e. The minimum Gasteiger partial charge on any atom is -0.454 e. The maximum absolute atomic E-state index is 13.6. The van der Waals surface area contributed by atoms with Gasteiger partial charge in [0.15, 0.2) is 11.5 Å². The summed E-state index contributed by atoms with van der Waals surface area (Å²) in [6, 6.07) is 18.0. The zero-order valence-corrected chi connectivity index (χ0v) is 17.6. The molecule has 2 aromatic carbocycles. The number of benzene rings is 2. The second-order valence-electron chi connectivity index (χ2n) is 8.29. The molecule has 2 aliphatic rings. The normalized spacial score (nSPS) is 15.7. The number of para-hydroxylation sites is 1. The second kappa shape index (κ2) is 8.84. The van der Waals surface area contributed by atoms with Gasteiger partial charge in [-0.05, 0) is 48.7 Å². The molecular weight excluding hydrogens is 390 g/mol. The van der Waals surface area contributed by atoms with Crippen molar-refractivity contribution in [3.05, 3.63) is 72.1 Å². The Labute approximate surface area is 182 Å². The number of carbonyl (C=O) groups excluding carboxylic acids is 1. The van der Waals surface area contributed by atoms with Crippen LogP contribution in [0.25, 0.3) is 5.69 Å². The van der Waals surface area contributed by atoms with Crippen molar-refractivity contribution in [2.24, 2.45) is 5.92 Å². The van der Waals surface area contributed by atoms with E-state index in [1.54, 1.807) is 6.20 Å². The van der Waals surface area contributed by atoms with Crippen LogP contribution in [0.15, 0.2) is 60.8 Å². The number of nitrogens with zero attached hydrogens (tertiary/aromatic N) is 3. The van der Waals surface area contributed by atoms with Gasteiger partial charge in [-0.1, -0.05) is 43.5 Å². The summed E-state index contributed by atoms with van der Waals surface area (Å²) < 4.78 is 12.9. The number of aromatic nitrogens is 2. The predicted molar refractivity (Wildman–Crippen MR) is 117 cm³/mol. The first-order valence-corrected chi connectivity index (χ1v) is 11.0. The van der Waals surface area contributed by atoms with Gasteiger partial charge in [-0.15, -0.1) is 0 Å². The van der Waals surface area contributed by atoms with E-state index in [-0.39, 0.29) is 18.6 Å². The van der Waals surface area contributed by atoms with Crippen LogP contribution in [0.3, 0.4) is 0 Å². The van der Waals surface area contributed by atoms with Crippen LogP contribution in [0.2, 0.25) is 0 Å². The van der Waals surface area contributed by atoms with Crippen molar-refractivity contribution in [2.45, 2.75) is 45.2 Å². The predicted octanol–water partition coefficient (Wildman–Crippen LogP) is 4.71. The van der Waals surface area contributed by atoms with Gasteiger partial charge in [-0.25, -0.2) is 4.68 Å². The summed E-state index contributed by atoms with van der Waals surface area (Å²) in [6.07, 6.45) is 7.26. The highest BCUT2D eigenvalue weighted by Gasteiger charge is 2.27. The van der Waals surface area contributed by atoms with Crippen LogP contribution in [-0.4, -0.2) is 27.4 Å². The number of rotatable bonds is 6. The number of ether oxygens (including phenoxy) is 2. The zero-order chi connectivity index (χ0) is 21.0. The van der Waals surface area contributed by atoms with Crippen molar-refractivity contribution in [1.82, 2.24) is 14.7 Å². The molecule has 0 atom stereocenters. The van der Waals surface area contributed by atoms with Gasteiger partial charge in [0.1, 0.15) is 0 Å². The van der Waals surface area contributed by atoms with Crippen molar-refractivity contribution >= 4 is 5.91 Å². The van der Waals surface area contributed by atoms with Gasteiger partial charge in [0, 0.05) is 18.7 Å². The van der Waals surface area contributed by atoms with E-state index < -0.39 is 0 Å². The number of hydrogen-bond acceptors (Lipinski definition) is 4. The smallest absolute Gasteiger partial charge is 0.231 e. The number of hydrogen-bond donors (Lipinski definition) is 0. The lowest BCUT2D eigenvalue weighted by Gasteiger charge is -2.29. The first kappa shape index (κ1) is 19.7. The Hall–Kier alpha value is -3.28. The van der Waals surface area contributed by atoms with Gasteiger partial charge >= 0.3 is 0 Å². The molecule has 0 spiro atoms. The van der Waals surface area contributed by atoms with E-state index in [4.69, 9.17) is 9.47 Å². The van der Waals surface area contributed by atoms with E-state index in [1.807, 2.05) is 64.2 Å². The largest absolute Gasteiger partial charge is 0.454 e. The van der Waals surface area contributed by atoms with Gasteiger partial charge in [0.2, 0.25) is 12.7 Å². The molecule has 1 amide bonds. The van der Waals surface area contributed by atoms with Crippen LogP contribution in [0, 0.1) is 5.92 Å². The molecule has 1 fully saturated rings. The van der Waals surface area contributed by atoms with E-state index in [1.165, 1.54) is 6.42 Å². The van der Waals surface area contributed by atoms with E-state index >= 15 is 0 Å². The van der Waals surface area contributed by atoms with Gasteiger partial charge in [0.05, 0.1) is 17.9 Å². The molecule has 1 aliphatic carbocycles. The topological polar surface area (TPSA) is 56.6 Å². The van der Waals surface area contributed by atoms with E-state index in [2.05, 4.69) is 5.10 Å². The third kappa shape index (κ3) is 4.29. The molecule has 1 aromatic heterocycles. The van der Waals surface area contributed by atoms with Crippen molar-refractivity contribution in [3.63, 3.8) is 0 Å². The monoisotopic (exact) mass is 417 g/mol. The highest BCUT2D eigenvalue weighted by molar-refractivity contribution is 5.79. The van der Waals surface area contributed by atoms with Gasteiger partial charge in [-0.2, -0.15) is 5.10 Å². The van der Waals surface area contributed by atoms with Crippen LogP contribution >= 0.6 is 0 Å². The Bertz CT molecular complexity index is 1040. The van der Waals surface area contributed by atoms with Crippen LogP contribution in [0.1, 0.15) is 43.4 Å². The van der Waals surface area contributed by atoms with E-state index in [0.717, 1.165) is 54.1 Å². The first-order chi connectivity index (χ1) is 15.3. The maximum atomic E-state index is 13.6. The molecule has 1 saturated carbocycles. The lowest BCUT2D eigenvalue weighted by molar-refractivity contribution is -0.138. The Morgan fingerprint density at radius 3 is 2.61 bits per heavy atom. The summed E-state index contributed by atoms with van der Waals surface area (Å²) in [6.45, 7) is 1.30. The second-order valence-corrected chi connectivity index (χ2v) is 8.29. The molecule has 3 aromatic rings. The minimum atomic E-state index is 0.107. The molecule has 0 saturated heterocycles. The Kier molecular flexibility index (Phi) is 5.61. The first-order valence-electron chi connectivity index (χ1n) is 11.0. The quantitative estimate of drug-likeness (QED) is 0.583. The van der Waals surface area contributed by atoms with E-state index in [0.29, 0.717) is 13.1 Å². The molecular formula is C25H27N3O3. The lowest BCUT2D eigenvalue weighted by atomic mass is 9.88. The zero-order valence-electron chi connectivity index (χ0n) is 17.6. The summed E-state index contributed by atoms with van der Waals surface area (Å²) in [5.74, 6) is 1.85. The lowest BCUT2D eigenvalue weighted by Crippen LogP contribution is -2.36. The average Bonchev–Trinajstić information content (AvgIpc) is 3.48. The third-order valence-corrected chi connectivity index (χ3v) is 6.15. The Morgan fingerprint density at radius 2 is 1.77 bits per heavy atom. The molecule has 0 radical (unpaired) electrons.